The minimum atomic E-state index is -0.801. The summed E-state index contributed by atoms with van der Waals surface area (Å²) in [5.41, 5.74) is 0.801. The Labute approximate surface area is 119 Å². The van der Waals surface area contributed by atoms with E-state index in [1.165, 1.54) is 0 Å². The summed E-state index contributed by atoms with van der Waals surface area (Å²) < 4.78 is 5.58. The van der Waals surface area contributed by atoms with Gasteiger partial charge in [0.25, 0.3) is 0 Å². The van der Waals surface area contributed by atoms with E-state index in [4.69, 9.17) is 4.74 Å². The van der Waals surface area contributed by atoms with E-state index in [-0.39, 0.29) is 6.10 Å². The van der Waals surface area contributed by atoms with Crippen LogP contribution in [0.2, 0.25) is 0 Å². The summed E-state index contributed by atoms with van der Waals surface area (Å²) in [7, 11) is 0. The van der Waals surface area contributed by atoms with Crippen molar-refractivity contribution in [2.24, 2.45) is 0 Å². The smallest absolute Gasteiger partial charge is 0.325 e. The lowest BCUT2D eigenvalue weighted by Crippen LogP contribution is -2.47. The number of piperazine rings is 1. The molecule has 0 bridgehead atoms. The molecule has 0 saturated carbocycles. The van der Waals surface area contributed by atoms with Crippen LogP contribution in [0, 0.1) is 0 Å². The summed E-state index contributed by atoms with van der Waals surface area (Å²) in [6.07, 6.45) is 0.115. The van der Waals surface area contributed by atoms with Crippen molar-refractivity contribution in [3.05, 3.63) is 29.8 Å². The van der Waals surface area contributed by atoms with Crippen molar-refractivity contribution in [2.75, 3.05) is 26.2 Å². The molecule has 0 spiro atoms. The van der Waals surface area contributed by atoms with Crippen LogP contribution in [0.1, 0.15) is 25.5 Å². The first-order chi connectivity index (χ1) is 9.58. The Morgan fingerprint density at radius 3 is 2.35 bits per heavy atom. The highest BCUT2D eigenvalue weighted by Gasteiger charge is 2.28. The molecule has 0 amide bonds. The van der Waals surface area contributed by atoms with Gasteiger partial charge in [-0.05, 0) is 31.5 Å². The third-order valence-corrected chi connectivity index (χ3v) is 3.32. The molecule has 110 valence electrons. The highest BCUT2D eigenvalue weighted by atomic mass is 16.5. The SMILES string of the molecule is CC(C)Oc1ccc(C(C(=O)O)N2CCNCC2)cc1. The van der Waals surface area contributed by atoms with E-state index >= 15 is 0 Å². The predicted octanol–water partition coefficient (Wildman–Crippen LogP) is 1.50. The number of rotatable bonds is 5. The first-order valence-electron chi connectivity index (χ1n) is 7.02. The fourth-order valence-electron chi connectivity index (χ4n) is 2.45. The van der Waals surface area contributed by atoms with Gasteiger partial charge in [0.2, 0.25) is 0 Å². The number of hydrogen-bond donors (Lipinski definition) is 2. The molecule has 5 nitrogen and oxygen atoms in total. The number of ether oxygens (including phenoxy) is 1. The van der Waals surface area contributed by atoms with Gasteiger partial charge in [-0.1, -0.05) is 12.1 Å². The summed E-state index contributed by atoms with van der Waals surface area (Å²) in [4.78, 5) is 13.6. The molecule has 1 unspecified atom stereocenters. The summed E-state index contributed by atoms with van der Waals surface area (Å²) in [5.74, 6) is -0.0300. The molecular formula is C15H22N2O3. The summed E-state index contributed by atoms with van der Waals surface area (Å²) >= 11 is 0. The van der Waals surface area contributed by atoms with Crippen LogP contribution >= 0.6 is 0 Å². The second-order valence-electron chi connectivity index (χ2n) is 5.26. The largest absolute Gasteiger partial charge is 0.491 e. The molecule has 5 heteroatoms. The van der Waals surface area contributed by atoms with E-state index in [1.54, 1.807) is 0 Å². The molecular weight excluding hydrogens is 256 g/mol. The van der Waals surface area contributed by atoms with Crippen LogP contribution in [0.4, 0.5) is 0 Å². The second-order valence-corrected chi connectivity index (χ2v) is 5.26. The summed E-state index contributed by atoms with van der Waals surface area (Å²) in [5, 5.41) is 12.7. The molecule has 1 aromatic rings. The van der Waals surface area contributed by atoms with Crippen LogP contribution in [0.3, 0.4) is 0 Å². The Morgan fingerprint density at radius 1 is 1.25 bits per heavy atom. The molecule has 2 rings (SSSR count). The molecule has 1 heterocycles. The van der Waals surface area contributed by atoms with Crippen molar-refractivity contribution in [2.45, 2.75) is 26.0 Å². The molecule has 1 atom stereocenters. The zero-order chi connectivity index (χ0) is 14.5. The Bertz CT molecular complexity index is 439. The van der Waals surface area contributed by atoms with Gasteiger partial charge in [0.1, 0.15) is 11.8 Å². The number of nitrogens with one attached hydrogen (secondary N) is 1. The van der Waals surface area contributed by atoms with E-state index < -0.39 is 12.0 Å². The highest BCUT2D eigenvalue weighted by Crippen LogP contribution is 2.24. The van der Waals surface area contributed by atoms with Gasteiger partial charge < -0.3 is 15.2 Å². The lowest BCUT2D eigenvalue weighted by Gasteiger charge is -2.32. The van der Waals surface area contributed by atoms with Crippen LogP contribution in [0.25, 0.3) is 0 Å². The Balaban J connectivity index is 2.14. The molecule has 1 aliphatic heterocycles. The Morgan fingerprint density at radius 2 is 1.85 bits per heavy atom. The van der Waals surface area contributed by atoms with Crippen molar-refractivity contribution in [1.82, 2.24) is 10.2 Å². The van der Waals surface area contributed by atoms with Gasteiger partial charge in [-0.25, -0.2) is 0 Å². The number of benzene rings is 1. The summed E-state index contributed by atoms with van der Waals surface area (Å²) in [6.45, 7) is 7.10. The number of carbonyl (C=O) groups is 1. The molecule has 0 aromatic heterocycles. The number of nitrogens with zero attached hydrogens (tertiary/aromatic N) is 1. The van der Waals surface area contributed by atoms with Crippen molar-refractivity contribution < 1.29 is 14.6 Å². The molecule has 1 fully saturated rings. The molecule has 20 heavy (non-hydrogen) atoms. The third kappa shape index (κ3) is 3.71. The molecule has 1 saturated heterocycles. The fourth-order valence-corrected chi connectivity index (χ4v) is 2.45. The van der Waals surface area contributed by atoms with Gasteiger partial charge in [-0.2, -0.15) is 0 Å². The normalized spacial score (nSPS) is 17.9. The zero-order valence-electron chi connectivity index (χ0n) is 12.0. The minimum Gasteiger partial charge on any atom is -0.491 e. The van der Waals surface area contributed by atoms with E-state index in [0.717, 1.165) is 37.5 Å². The van der Waals surface area contributed by atoms with E-state index in [1.807, 2.05) is 43.0 Å². The van der Waals surface area contributed by atoms with Gasteiger partial charge in [0, 0.05) is 26.2 Å². The maximum Gasteiger partial charge on any atom is 0.325 e. The van der Waals surface area contributed by atoms with E-state index in [2.05, 4.69) is 5.32 Å². The third-order valence-electron chi connectivity index (χ3n) is 3.32. The second kappa shape index (κ2) is 6.72. The summed E-state index contributed by atoms with van der Waals surface area (Å²) in [6, 6.07) is 6.79. The van der Waals surface area contributed by atoms with Gasteiger partial charge in [-0.15, -0.1) is 0 Å². The maximum absolute atomic E-state index is 11.6. The van der Waals surface area contributed by atoms with Crippen molar-refractivity contribution in [1.29, 1.82) is 0 Å². The highest BCUT2D eigenvalue weighted by molar-refractivity contribution is 5.75. The lowest BCUT2D eigenvalue weighted by atomic mass is 10.0. The number of aliphatic carboxylic acids is 1. The van der Waals surface area contributed by atoms with Gasteiger partial charge in [0.15, 0.2) is 0 Å². The average molecular weight is 278 g/mol. The molecule has 1 aromatic carbocycles. The predicted molar refractivity (Wildman–Crippen MR) is 77.0 cm³/mol. The van der Waals surface area contributed by atoms with Gasteiger partial charge >= 0.3 is 5.97 Å². The van der Waals surface area contributed by atoms with Crippen LogP contribution in [-0.2, 0) is 4.79 Å². The first kappa shape index (κ1) is 14.8. The van der Waals surface area contributed by atoms with Crippen molar-refractivity contribution >= 4 is 5.97 Å². The topological polar surface area (TPSA) is 61.8 Å². The maximum atomic E-state index is 11.6. The van der Waals surface area contributed by atoms with Gasteiger partial charge in [0.05, 0.1) is 6.10 Å². The van der Waals surface area contributed by atoms with E-state index in [0.29, 0.717) is 0 Å². The number of hydrogen-bond acceptors (Lipinski definition) is 4. The molecule has 0 aliphatic carbocycles. The number of carboxylic acid groups (broad SMARTS) is 1. The quantitative estimate of drug-likeness (QED) is 0.855. The van der Waals surface area contributed by atoms with Crippen molar-refractivity contribution in [3.63, 3.8) is 0 Å². The monoisotopic (exact) mass is 278 g/mol. The molecule has 0 radical (unpaired) electrons. The molecule has 2 N–H and O–H groups in total. The van der Waals surface area contributed by atoms with Crippen LogP contribution in [0.5, 0.6) is 5.75 Å². The first-order valence-corrected chi connectivity index (χ1v) is 7.02. The standard InChI is InChI=1S/C15H22N2O3/c1-11(2)20-13-5-3-12(4-6-13)14(15(18)19)17-9-7-16-8-10-17/h3-6,11,14,16H,7-10H2,1-2H3,(H,18,19). The van der Waals surface area contributed by atoms with Crippen molar-refractivity contribution in [3.8, 4) is 5.75 Å². The Kier molecular flexibility index (Phi) is 4.98. The lowest BCUT2D eigenvalue weighted by molar-refractivity contribution is -0.143. The van der Waals surface area contributed by atoms with Crippen LogP contribution in [-0.4, -0.2) is 48.3 Å². The average Bonchev–Trinajstić information content (AvgIpc) is 2.41. The van der Waals surface area contributed by atoms with Crippen LogP contribution in [0.15, 0.2) is 24.3 Å². The number of carboxylic acids is 1. The van der Waals surface area contributed by atoms with Crippen LogP contribution < -0.4 is 10.1 Å². The van der Waals surface area contributed by atoms with E-state index in [9.17, 15) is 9.90 Å². The zero-order valence-corrected chi connectivity index (χ0v) is 12.0. The van der Waals surface area contributed by atoms with Gasteiger partial charge in [-0.3, -0.25) is 9.69 Å². The Hall–Kier alpha value is -1.59. The molecule has 1 aliphatic rings. The fraction of sp³-hybridized carbons (Fsp3) is 0.533. The minimum absolute atomic E-state index is 0.115.